The van der Waals surface area contributed by atoms with Crippen molar-refractivity contribution in [3.05, 3.63) is 35.5 Å². The molecule has 6 nitrogen and oxygen atoms in total. The van der Waals surface area contributed by atoms with Crippen molar-refractivity contribution < 1.29 is 13.9 Å². The van der Waals surface area contributed by atoms with Crippen molar-refractivity contribution in [2.45, 2.75) is 25.8 Å². The van der Waals surface area contributed by atoms with Gasteiger partial charge >= 0.3 is 0 Å². The largest absolute Gasteiger partial charge is 0.493 e. The van der Waals surface area contributed by atoms with Gasteiger partial charge < -0.3 is 19.2 Å². The number of aromatic nitrogens is 2. The lowest BCUT2D eigenvalue weighted by Crippen LogP contribution is -2.15. The smallest absolute Gasteiger partial charge is 0.233 e. The maximum absolute atomic E-state index is 5.70. The van der Waals surface area contributed by atoms with Gasteiger partial charge in [0.25, 0.3) is 0 Å². The Kier molecular flexibility index (Phi) is 5.16. The molecule has 0 aliphatic rings. The summed E-state index contributed by atoms with van der Waals surface area (Å²) < 4.78 is 16.2. The first-order chi connectivity index (χ1) is 10.2. The Labute approximate surface area is 124 Å². The van der Waals surface area contributed by atoms with Gasteiger partial charge in [-0.25, -0.2) is 0 Å². The predicted molar refractivity (Wildman–Crippen MR) is 78.7 cm³/mol. The number of hydrogen-bond donors (Lipinski definition) is 1. The van der Waals surface area contributed by atoms with Gasteiger partial charge in [-0.2, -0.15) is 0 Å². The fourth-order valence-electron chi connectivity index (χ4n) is 2.15. The molecule has 1 atom stereocenters. The van der Waals surface area contributed by atoms with Gasteiger partial charge in [0.15, 0.2) is 11.5 Å². The second-order valence-corrected chi connectivity index (χ2v) is 4.65. The van der Waals surface area contributed by atoms with Crippen molar-refractivity contribution in [1.82, 2.24) is 15.5 Å². The molecule has 114 valence electrons. The molecular weight excluding hydrogens is 270 g/mol. The SMILES string of the molecule is CCC(NC)c1nnc(Cc2ccc(OC)c(OC)c2)o1. The number of methoxy groups -OCH3 is 2. The molecule has 0 saturated carbocycles. The molecule has 0 aliphatic carbocycles. The van der Waals surface area contributed by atoms with Crippen molar-refractivity contribution in [3.63, 3.8) is 0 Å². The van der Waals surface area contributed by atoms with E-state index in [0.29, 0.717) is 29.7 Å². The van der Waals surface area contributed by atoms with Crippen LogP contribution < -0.4 is 14.8 Å². The van der Waals surface area contributed by atoms with Crippen LogP contribution in [0.15, 0.2) is 22.6 Å². The number of nitrogens with zero attached hydrogens (tertiary/aromatic N) is 2. The van der Waals surface area contributed by atoms with Crippen LogP contribution in [0.25, 0.3) is 0 Å². The normalized spacial score (nSPS) is 12.2. The number of ether oxygens (including phenoxy) is 2. The summed E-state index contributed by atoms with van der Waals surface area (Å²) in [5.41, 5.74) is 1.03. The highest BCUT2D eigenvalue weighted by Gasteiger charge is 2.15. The third-order valence-corrected chi connectivity index (χ3v) is 3.34. The van der Waals surface area contributed by atoms with E-state index in [1.165, 1.54) is 0 Å². The summed E-state index contributed by atoms with van der Waals surface area (Å²) in [5, 5.41) is 11.3. The van der Waals surface area contributed by atoms with Gasteiger partial charge in [0, 0.05) is 0 Å². The van der Waals surface area contributed by atoms with Crippen LogP contribution in [0.1, 0.15) is 36.7 Å². The lowest BCUT2D eigenvalue weighted by Gasteiger charge is -2.09. The molecule has 0 amide bonds. The Morgan fingerprint density at radius 2 is 1.95 bits per heavy atom. The van der Waals surface area contributed by atoms with E-state index in [1.54, 1.807) is 14.2 Å². The van der Waals surface area contributed by atoms with Gasteiger partial charge in [-0.3, -0.25) is 0 Å². The monoisotopic (exact) mass is 291 g/mol. The third-order valence-electron chi connectivity index (χ3n) is 3.34. The molecule has 21 heavy (non-hydrogen) atoms. The lowest BCUT2D eigenvalue weighted by molar-refractivity contribution is 0.354. The van der Waals surface area contributed by atoms with Crippen molar-refractivity contribution in [3.8, 4) is 11.5 Å². The number of rotatable bonds is 7. The fraction of sp³-hybridized carbons (Fsp3) is 0.467. The van der Waals surface area contributed by atoms with Crippen LogP contribution in [0, 0.1) is 0 Å². The van der Waals surface area contributed by atoms with E-state index in [0.717, 1.165) is 12.0 Å². The Morgan fingerprint density at radius 3 is 2.57 bits per heavy atom. The van der Waals surface area contributed by atoms with E-state index >= 15 is 0 Å². The molecule has 2 aromatic rings. The van der Waals surface area contributed by atoms with Crippen LogP contribution in [0.5, 0.6) is 11.5 Å². The van der Waals surface area contributed by atoms with Gasteiger partial charge in [-0.15, -0.1) is 10.2 Å². The average molecular weight is 291 g/mol. The average Bonchev–Trinajstić information content (AvgIpc) is 2.96. The molecule has 1 aromatic carbocycles. The highest BCUT2D eigenvalue weighted by Crippen LogP contribution is 2.28. The summed E-state index contributed by atoms with van der Waals surface area (Å²) in [6, 6.07) is 5.84. The first-order valence-electron chi connectivity index (χ1n) is 6.92. The van der Waals surface area contributed by atoms with Crippen molar-refractivity contribution in [2.24, 2.45) is 0 Å². The number of nitrogens with one attached hydrogen (secondary N) is 1. The number of benzene rings is 1. The minimum atomic E-state index is 0.0941. The van der Waals surface area contributed by atoms with Gasteiger partial charge in [0.2, 0.25) is 11.8 Å². The van der Waals surface area contributed by atoms with Gasteiger partial charge in [-0.05, 0) is 31.2 Å². The highest BCUT2D eigenvalue weighted by molar-refractivity contribution is 5.43. The van der Waals surface area contributed by atoms with Crippen molar-refractivity contribution >= 4 is 0 Å². The standard InChI is InChI=1S/C15H21N3O3/c1-5-11(16-2)15-18-17-14(21-15)9-10-6-7-12(19-3)13(8-10)20-4/h6-8,11,16H,5,9H2,1-4H3. The van der Waals surface area contributed by atoms with Crippen LogP contribution in [-0.4, -0.2) is 31.5 Å². The van der Waals surface area contributed by atoms with Crippen LogP contribution in [0.4, 0.5) is 0 Å². The Morgan fingerprint density at radius 1 is 1.19 bits per heavy atom. The molecular formula is C15H21N3O3. The minimum absolute atomic E-state index is 0.0941. The predicted octanol–water partition coefficient (Wildman–Crippen LogP) is 2.35. The van der Waals surface area contributed by atoms with Gasteiger partial charge in [0.1, 0.15) is 0 Å². The zero-order chi connectivity index (χ0) is 15.2. The molecule has 6 heteroatoms. The maximum atomic E-state index is 5.70. The van der Waals surface area contributed by atoms with E-state index < -0.39 is 0 Å². The van der Waals surface area contributed by atoms with Gasteiger partial charge in [0.05, 0.1) is 26.7 Å². The fourth-order valence-corrected chi connectivity index (χ4v) is 2.15. The van der Waals surface area contributed by atoms with Crippen molar-refractivity contribution in [1.29, 1.82) is 0 Å². The Balaban J connectivity index is 2.15. The molecule has 0 spiro atoms. The summed E-state index contributed by atoms with van der Waals surface area (Å²) >= 11 is 0. The first-order valence-corrected chi connectivity index (χ1v) is 6.92. The zero-order valence-corrected chi connectivity index (χ0v) is 12.8. The summed E-state index contributed by atoms with van der Waals surface area (Å²) in [7, 11) is 5.11. The van der Waals surface area contributed by atoms with E-state index in [-0.39, 0.29) is 6.04 Å². The topological polar surface area (TPSA) is 69.4 Å². The summed E-state index contributed by atoms with van der Waals surface area (Å²) in [4.78, 5) is 0. The molecule has 0 saturated heterocycles. The summed E-state index contributed by atoms with van der Waals surface area (Å²) in [6.45, 7) is 2.07. The van der Waals surface area contributed by atoms with E-state index in [4.69, 9.17) is 13.9 Å². The van der Waals surface area contributed by atoms with E-state index in [1.807, 2.05) is 25.2 Å². The second kappa shape index (κ2) is 7.08. The molecule has 0 aliphatic heterocycles. The van der Waals surface area contributed by atoms with E-state index in [9.17, 15) is 0 Å². The van der Waals surface area contributed by atoms with Crippen molar-refractivity contribution in [2.75, 3.05) is 21.3 Å². The molecule has 0 fully saturated rings. The molecule has 1 heterocycles. The molecule has 2 rings (SSSR count). The second-order valence-electron chi connectivity index (χ2n) is 4.65. The van der Waals surface area contributed by atoms with Crippen LogP contribution in [-0.2, 0) is 6.42 Å². The number of hydrogen-bond acceptors (Lipinski definition) is 6. The Hall–Kier alpha value is -2.08. The van der Waals surface area contributed by atoms with Crippen LogP contribution >= 0.6 is 0 Å². The summed E-state index contributed by atoms with van der Waals surface area (Å²) in [6.07, 6.45) is 1.46. The molecule has 0 bridgehead atoms. The maximum Gasteiger partial charge on any atom is 0.233 e. The molecule has 1 N–H and O–H groups in total. The summed E-state index contributed by atoms with van der Waals surface area (Å²) in [5.74, 6) is 2.60. The molecule has 1 unspecified atom stereocenters. The molecule has 0 radical (unpaired) electrons. The van der Waals surface area contributed by atoms with Crippen LogP contribution in [0.2, 0.25) is 0 Å². The highest BCUT2D eigenvalue weighted by atomic mass is 16.5. The minimum Gasteiger partial charge on any atom is -0.493 e. The van der Waals surface area contributed by atoms with Gasteiger partial charge in [-0.1, -0.05) is 13.0 Å². The van der Waals surface area contributed by atoms with Crippen LogP contribution in [0.3, 0.4) is 0 Å². The Bertz CT molecular complexity index is 579. The molecule has 1 aromatic heterocycles. The first kappa shape index (κ1) is 15.3. The third kappa shape index (κ3) is 3.52. The lowest BCUT2D eigenvalue weighted by atomic mass is 10.1. The zero-order valence-electron chi connectivity index (χ0n) is 12.8. The van der Waals surface area contributed by atoms with E-state index in [2.05, 4.69) is 22.4 Å². The quantitative estimate of drug-likeness (QED) is 0.844.